The minimum atomic E-state index is -1.01. The van der Waals surface area contributed by atoms with E-state index in [1.807, 2.05) is 13.0 Å². The van der Waals surface area contributed by atoms with Gasteiger partial charge in [-0.15, -0.1) is 0 Å². The first-order valence-corrected chi connectivity index (χ1v) is 5.58. The van der Waals surface area contributed by atoms with Gasteiger partial charge in [-0.3, -0.25) is 0 Å². The molecular formula is C13H17FO2. The molecule has 2 rings (SSSR count). The molecule has 1 N–H and O–H groups in total. The van der Waals surface area contributed by atoms with Crippen molar-refractivity contribution < 1.29 is 14.2 Å². The zero-order chi connectivity index (χ0) is 11.8. The number of aliphatic hydroxyl groups is 1. The smallest absolute Gasteiger partial charge is 0.123 e. The lowest BCUT2D eigenvalue weighted by atomic mass is 9.82. The van der Waals surface area contributed by atoms with Gasteiger partial charge < -0.3 is 9.84 Å². The Morgan fingerprint density at radius 1 is 1.44 bits per heavy atom. The molecule has 1 heterocycles. The average Bonchev–Trinajstić information content (AvgIpc) is 2.69. The van der Waals surface area contributed by atoms with Crippen molar-refractivity contribution in [2.45, 2.75) is 25.9 Å². The number of hydrogen-bond donors (Lipinski definition) is 1. The molecular weight excluding hydrogens is 207 g/mol. The Kier molecular flexibility index (Phi) is 3.00. The summed E-state index contributed by atoms with van der Waals surface area (Å²) in [4.78, 5) is 0. The maximum Gasteiger partial charge on any atom is 0.123 e. The van der Waals surface area contributed by atoms with Gasteiger partial charge in [-0.05, 0) is 43.5 Å². The van der Waals surface area contributed by atoms with Gasteiger partial charge in [-0.25, -0.2) is 4.39 Å². The lowest BCUT2D eigenvalue weighted by molar-refractivity contribution is -0.00999. The van der Waals surface area contributed by atoms with Gasteiger partial charge in [0.1, 0.15) is 5.82 Å². The van der Waals surface area contributed by atoms with Gasteiger partial charge >= 0.3 is 0 Å². The third-order valence-corrected chi connectivity index (χ3v) is 3.35. The van der Waals surface area contributed by atoms with Crippen LogP contribution in [0.3, 0.4) is 0 Å². The van der Waals surface area contributed by atoms with Crippen LogP contribution in [0.4, 0.5) is 4.39 Å². The molecule has 16 heavy (non-hydrogen) atoms. The second kappa shape index (κ2) is 4.15. The molecule has 0 radical (unpaired) electrons. The fourth-order valence-electron chi connectivity index (χ4n) is 2.24. The molecule has 0 amide bonds. The summed E-state index contributed by atoms with van der Waals surface area (Å²) < 4.78 is 18.6. The maximum atomic E-state index is 13.3. The second-order valence-corrected chi connectivity index (χ2v) is 4.73. The fourth-order valence-corrected chi connectivity index (χ4v) is 2.24. The van der Waals surface area contributed by atoms with E-state index in [0.717, 1.165) is 12.0 Å². The van der Waals surface area contributed by atoms with Crippen molar-refractivity contribution in [2.75, 3.05) is 13.2 Å². The fraction of sp³-hybridized carbons (Fsp3) is 0.538. The maximum absolute atomic E-state index is 13.3. The van der Waals surface area contributed by atoms with Crippen LogP contribution >= 0.6 is 0 Å². The van der Waals surface area contributed by atoms with Crippen molar-refractivity contribution in [1.82, 2.24) is 0 Å². The summed E-state index contributed by atoms with van der Waals surface area (Å²) >= 11 is 0. The summed E-state index contributed by atoms with van der Waals surface area (Å²) in [5.74, 6) is -0.247. The Morgan fingerprint density at radius 3 is 2.75 bits per heavy atom. The molecule has 0 spiro atoms. The number of halogens is 1. The van der Waals surface area contributed by atoms with Gasteiger partial charge in [0.2, 0.25) is 0 Å². The molecule has 1 aliphatic rings. The largest absolute Gasteiger partial charge is 0.385 e. The molecule has 1 saturated heterocycles. The molecule has 2 nitrogen and oxygen atoms in total. The Hall–Kier alpha value is -0.930. The molecule has 0 bridgehead atoms. The highest BCUT2D eigenvalue weighted by Crippen LogP contribution is 2.35. The van der Waals surface area contributed by atoms with Crippen molar-refractivity contribution in [3.63, 3.8) is 0 Å². The highest BCUT2D eigenvalue weighted by molar-refractivity contribution is 5.28. The van der Waals surface area contributed by atoms with E-state index >= 15 is 0 Å². The normalized spacial score (nSPS) is 24.4. The first-order chi connectivity index (χ1) is 7.50. The number of ether oxygens (including phenoxy) is 1. The number of rotatable bonds is 2. The van der Waals surface area contributed by atoms with Gasteiger partial charge in [0.15, 0.2) is 0 Å². The monoisotopic (exact) mass is 224 g/mol. The number of benzene rings is 1. The predicted molar refractivity (Wildman–Crippen MR) is 59.6 cm³/mol. The first-order valence-electron chi connectivity index (χ1n) is 5.58. The summed E-state index contributed by atoms with van der Waals surface area (Å²) in [6.07, 6.45) is 0.822. The zero-order valence-corrected chi connectivity index (χ0v) is 9.66. The third-order valence-electron chi connectivity index (χ3n) is 3.35. The minimum absolute atomic E-state index is 0.0497. The first kappa shape index (κ1) is 11.6. The quantitative estimate of drug-likeness (QED) is 0.835. The van der Waals surface area contributed by atoms with Gasteiger partial charge in [-0.1, -0.05) is 6.07 Å². The zero-order valence-electron chi connectivity index (χ0n) is 9.66. The molecule has 2 unspecified atom stereocenters. The van der Waals surface area contributed by atoms with E-state index in [4.69, 9.17) is 4.74 Å². The summed E-state index contributed by atoms with van der Waals surface area (Å²) in [6.45, 7) is 4.78. The Morgan fingerprint density at radius 2 is 2.19 bits per heavy atom. The van der Waals surface area contributed by atoms with Gasteiger partial charge in [0, 0.05) is 12.5 Å². The molecule has 2 atom stereocenters. The lowest BCUT2D eigenvalue weighted by Crippen LogP contribution is -2.32. The van der Waals surface area contributed by atoms with Crippen LogP contribution in [0.1, 0.15) is 24.5 Å². The standard InChI is InChI=1S/C13H17FO2/c1-9-5-11(7-12(14)6-9)13(2,15)10-3-4-16-8-10/h5-7,10,15H,3-4,8H2,1-2H3. The highest BCUT2D eigenvalue weighted by Gasteiger charge is 2.36. The van der Waals surface area contributed by atoms with Crippen LogP contribution in [0, 0.1) is 18.7 Å². The van der Waals surface area contributed by atoms with Crippen LogP contribution in [0.2, 0.25) is 0 Å². The molecule has 0 saturated carbocycles. The molecule has 0 aliphatic carbocycles. The summed E-state index contributed by atoms with van der Waals surface area (Å²) in [6, 6.07) is 4.71. The van der Waals surface area contributed by atoms with E-state index < -0.39 is 5.60 Å². The van der Waals surface area contributed by atoms with Crippen LogP contribution < -0.4 is 0 Å². The average molecular weight is 224 g/mol. The number of hydrogen-bond acceptors (Lipinski definition) is 2. The van der Waals surface area contributed by atoms with E-state index in [0.29, 0.717) is 18.8 Å². The highest BCUT2D eigenvalue weighted by atomic mass is 19.1. The Bertz CT molecular complexity index is 361. The molecule has 1 fully saturated rings. The van der Waals surface area contributed by atoms with Crippen molar-refractivity contribution in [3.05, 3.63) is 35.1 Å². The minimum Gasteiger partial charge on any atom is -0.385 e. The van der Waals surface area contributed by atoms with Gasteiger partial charge in [-0.2, -0.15) is 0 Å². The van der Waals surface area contributed by atoms with Crippen LogP contribution in [-0.2, 0) is 10.3 Å². The summed E-state index contributed by atoms with van der Waals surface area (Å²) in [5.41, 5.74) is 0.457. The Balaban J connectivity index is 2.33. The van der Waals surface area contributed by atoms with Crippen LogP contribution in [0.15, 0.2) is 18.2 Å². The summed E-state index contributed by atoms with van der Waals surface area (Å²) in [7, 11) is 0. The van der Waals surface area contributed by atoms with Gasteiger partial charge in [0.05, 0.1) is 12.2 Å². The van der Waals surface area contributed by atoms with Crippen LogP contribution in [-0.4, -0.2) is 18.3 Å². The van der Waals surface area contributed by atoms with Gasteiger partial charge in [0.25, 0.3) is 0 Å². The van der Waals surface area contributed by atoms with Crippen LogP contribution in [0.25, 0.3) is 0 Å². The van der Waals surface area contributed by atoms with Crippen molar-refractivity contribution in [1.29, 1.82) is 0 Å². The molecule has 3 heteroatoms. The van der Waals surface area contributed by atoms with Crippen molar-refractivity contribution in [3.8, 4) is 0 Å². The molecule has 1 aliphatic heterocycles. The topological polar surface area (TPSA) is 29.5 Å². The van der Waals surface area contributed by atoms with Crippen molar-refractivity contribution >= 4 is 0 Å². The third kappa shape index (κ3) is 2.11. The second-order valence-electron chi connectivity index (χ2n) is 4.73. The molecule has 88 valence electrons. The molecule has 1 aromatic carbocycles. The van der Waals surface area contributed by atoms with E-state index in [2.05, 4.69) is 0 Å². The predicted octanol–water partition coefficient (Wildman–Crippen LogP) is 2.38. The van der Waals surface area contributed by atoms with E-state index in [1.165, 1.54) is 12.1 Å². The van der Waals surface area contributed by atoms with E-state index in [9.17, 15) is 9.50 Å². The summed E-state index contributed by atoms with van der Waals surface area (Å²) in [5, 5.41) is 10.5. The lowest BCUT2D eigenvalue weighted by Gasteiger charge is -2.30. The van der Waals surface area contributed by atoms with Crippen LogP contribution in [0.5, 0.6) is 0 Å². The van der Waals surface area contributed by atoms with Crippen molar-refractivity contribution in [2.24, 2.45) is 5.92 Å². The molecule has 1 aromatic rings. The van der Waals surface area contributed by atoms with E-state index in [1.54, 1.807) is 6.92 Å². The number of aryl methyl sites for hydroxylation is 1. The van der Waals surface area contributed by atoms with E-state index in [-0.39, 0.29) is 11.7 Å². The molecule has 0 aromatic heterocycles. The SMILES string of the molecule is Cc1cc(F)cc(C(C)(O)C2CCOC2)c1. The Labute approximate surface area is 95.1 Å².